The number of carboxylic acids is 1. The Labute approximate surface area is 110 Å². The van der Waals surface area contributed by atoms with E-state index in [1.54, 1.807) is 13.8 Å². The van der Waals surface area contributed by atoms with Crippen LogP contribution < -0.4 is 0 Å². The zero-order valence-corrected chi connectivity index (χ0v) is 12.1. The Bertz CT molecular complexity index is 376. The fourth-order valence-electron chi connectivity index (χ4n) is 2.55. The smallest absolute Gasteiger partial charge is 0.309 e. The summed E-state index contributed by atoms with van der Waals surface area (Å²) in [7, 11) is -3.14. The minimum atomic E-state index is -3.14. The maximum Gasteiger partial charge on any atom is 0.309 e. The van der Waals surface area contributed by atoms with Gasteiger partial charge in [-0.3, -0.25) is 4.79 Å². The molecule has 0 amide bonds. The SMILES string of the molecule is CC(C)S(=O)(=O)CCC1(C(=O)O)CCCCCC1. The summed E-state index contributed by atoms with van der Waals surface area (Å²) in [5.41, 5.74) is -0.807. The second kappa shape index (κ2) is 6.04. The summed E-state index contributed by atoms with van der Waals surface area (Å²) in [5, 5.41) is 9.03. The molecule has 18 heavy (non-hydrogen) atoms. The van der Waals surface area contributed by atoms with Gasteiger partial charge in [0.15, 0.2) is 9.84 Å². The van der Waals surface area contributed by atoms with E-state index in [4.69, 9.17) is 0 Å². The third-order valence-electron chi connectivity index (χ3n) is 4.10. The molecular weight excluding hydrogens is 252 g/mol. The van der Waals surface area contributed by atoms with Gasteiger partial charge in [-0.1, -0.05) is 25.7 Å². The largest absolute Gasteiger partial charge is 0.481 e. The van der Waals surface area contributed by atoms with Gasteiger partial charge in [0.1, 0.15) is 0 Å². The molecule has 5 heteroatoms. The Kier molecular flexibility index (Phi) is 5.20. The second-order valence-corrected chi connectivity index (χ2v) is 8.34. The van der Waals surface area contributed by atoms with Gasteiger partial charge in [-0.25, -0.2) is 8.42 Å². The normalized spacial score (nSPS) is 20.6. The third-order valence-corrected chi connectivity index (χ3v) is 6.31. The van der Waals surface area contributed by atoms with Crippen molar-refractivity contribution in [2.24, 2.45) is 5.41 Å². The molecule has 0 unspecified atom stereocenters. The van der Waals surface area contributed by atoms with Crippen LogP contribution in [-0.4, -0.2) is 30.5 Å². The molecule has 0 atom stereocenters. The van der Waals surface area contributed by atoms with Crippen molar-refractivity contribution in [2.75, 3.05) is 5.75 Å². The van der Waals surface area contributed by atoms with Crippen molar-refractivity contribution in [1.29, 1.82) is 0 Å². The Morgan fingerprint density at radius 2 is 1.67 bits per heavy atom. The van der Waals surface area contributed by atoms with Crippen LogP contribution in [-0.2, 0) is 14.6 Å². The fraction of sp³-hybridized carbons (Fsp3) is 0.923. The first-order chi connectivity index (χ1) is 8.30. The molecule has 1 aliphatic carbocycles. The maximum atomic E-state index is 11.8. The first-order valence-electron chi connectivity index (χ1n) is 6.75. The average molecular weight is 276 g/mol. The van der Waals surface area contributed by atoms with Crippen LogP contribution >= 0.6 is 0 Å². The van der Waals surface area contributed by atoms with E-state index in [1.165, 1.54) is 0 Å². The number of aliphatic carboxylic acids is 1. The van der Waals surface area contributed by atoms with Crippen LogP contribution in [0.25, 0.3) is 0 Å². The van der Waals surface area contributed by atoms with Gasteiger partial charge in [0.2, 0.25) is 0 Å². The highest BCUT2D eigenvalue weighted by molar-refractivity contribution is 7.91. The van der Waals surface area contributed by atoms with E-state index >= 15 is 0 Å². The standard InChI is InChI=1S/C13H24O4S/c1-11(2)18(16,17)10-9-13(12(14)15)7-5-3-4-6-8-13/h11H,3-10H2,1-2H3,(H,14,15). The highest BCUT2D eigenvalue weighted by Crippen LogP contribution is 2.39. The molecule has 106 valence electrons. The molecule has 4 nitrogen and oxygen atoms in total. The third kappa shape index (κ3) is 3.70. The van der Waals surface area contributed by atoms with E-state index in [9.17, 15) is 18.3 Å². The Balaban J connectivity index is 2.77. The monoisotopic (exact) mass is 276 g/mol. The fourth-order valence-corrected chi connectivity index (χ4v) is 3.70. The minimum absolute atomic E-state index is 0.00301. The number of hydrogen-bond donors (Lipinski definition) is 1. The quantitative estimate of drug-likeness (QED) is 0.783. The van der Waals surface area contributed by atoms with Gasteiger partial charge < -0.3 is 5.11 Å². The maximum absolute atomic E-state index is 11.8. The molecule has 1 rings (SSSR count). The van der Waals surface area contributed by atoms with Gasteiger partial charge in [-0.15, -0.1) is 0 Å². The van der Waals surface area contributed by atoms with Gasteiger partial charge in [0, 0.05) is 0 Å². The van der Waals surface area contributed by atoms with E-state index in [0.717, 1.165) is 25.7 Å². The average Bonchev–Trinajstić information content (AvgIpc) is 2.52. The highest BCUT2D eigenvalue weighted by atomic mass is 32.2. The molecule has 0 bridgehead atoms. The predicted molar refractivity (Wildman–Crippen MR) is 71.3 cm³/mol. The molecule has 0 heterocycles. The van der Waals surface area contributed by atoms with Crippen molar-refractivity contribution >= 4 is 15.8 Å². The summed E-state index contributed by atoms with van der Waals surface area (Å²) in [6.45, 7) is 3.30. The van der Waals surface area contributed by atoms with Crippen molar-refractivity contribution in [3.63, 3.8) is 0 Å². The first-order valence-corrected chi connectivity index (χ1v) is 8.47. The van der Waals surface area contributed by atoms with E-state index < -0.39 is 26.5 Å². The van der Waals surface area contributed by atoms with Gasteiger partial charge in [0.25, 0.3) is 0 Å². The molecule has 0 radical (unpaired) electrons. The van der Waals surface area contributed by atoms with Crippen molar-refractivity contribution in [1.82, 2.24) is 0 Å². The van der Waals surface area contributed by atoms with Crippen LogP contribution in [0.5, 0.6) is 0 Å². The highest BCUT2D eigenvalue weighted by Gasteiger charge is 2.39. The lowest BCUT2D eigenvalue weighted by Gasteiger charge is -2.28. The lowest BCUT2D eigenvalue weighted by atomic mass is 9.78. The van der Waals surface area contributed by atoms with E-state index in [-0.39, 0.29) is 12.2 Å². The van der Waals surface area contributed by atoms with E-state index in [1.807, 2.05) is 0 Å². The van der Waals surface area contributed by atoms with E-state index in [0.29, 0.717) is 12.8 Å². The Hall–Kier alpha value is -0.580. The van der Waals surface area contributed by atoms with Crippen molar-refractivity contribution in [3.8, 4) is 0 Å². The summed E-state index contributed by atoms with van der Waals surface area (Å²) in [6, 6.07) is 0. The first kappa shape index (κ1) is 15.5. The van der Waals surface area contributed by atoms with Crippen molar-refractivity contribution in [3.05, 3.63) is 0 Å². The molecule has 1 fully saturated rings. The van der Waals surface area contributed by atoms with Crippen LogP contribution in [0, 0.1) is 5.41 Å². The Morgan fingerprint density at radius 1 is 1.17 bits per heavy atom. The lowest BCUT2D eigenvalue weighted by Crippen LogP contribution is -2.34. The Morgan fingerprint density at radius 3 is 2.06 bits per heavy atom. The lowest BCUT2D eigenvalue weighted by molar-refractivity contribution is -0.150. The zero-order chi connectivity index (χ0) is 13.8. The number of carboxylic acid groups (broad SMARTS) is 1. The molecule has 0 aromatic rings. The van der Waals surface area contributed by atoms with Crippen LogP contribution in [0.15, 0.2) is 0 Å². The molecular formula is C13H24O4S. The molecule has 0 spiro atoms. The number of hydrogen-bond acceptors (Lipinski definition) is 3. The van der Waals surface area contributed by atoms with Gasteiger partial charge in [-0.2, -0.15) is 0 Å². The summed E-state index contributed by atoms with van der Waals surface area (Å²) < 4.78 is 23.7. The van der Waals surface area contributed by atoms with Crippen LogP contribution in [0.1, 0.15) is 58.8 Å². The molecule has 0 aromatic carbocycles. The van der Waals surface area contributed by atoms with Crippen LogP contribution in [0.2, 0.25) is 0 Å². The minimum Gasteiger partial charge on any atom is -0.481 e. The zero-order valence-electron chi connectivity index (χ0n) is 11.3. The van der Waals surface area contributed by atoms with Crippen molar-refractivity contribution in [2.45, 2.75) is 64.0 Å². The number of rotatable bonds is 5. The molecule has 0 saturated heterocycles. The topological polar surface area (TPSA) is 71.4 Å². The molecule has 1 saturated carbocycles. The molecule has 0 aliphatic heterocycles. The van der Waals surface area contributed by atoms with Gasteiger partial charge in [-0.05, 0) is 33.1 Å². The molecule has 0 aromatic heterocycles. The van der Waals surface area contributed by atoms with Crippen molar-refractivity contribution < 1.29 is 18.3 Å². The summed E-state index contributed by atoms with van der Waals surface area (Å²) in [5.74, 6) is -0.819. The number of carbonyl (C=O) groups is 1. The molecule has 1 N–H and O–H groups in total. The van der Waals surface area contributed by atoms with Gasteiger partial charge in [0.05, 0.1) is 16.4 Å². The van der Waals surface area contributed by atoms with E-state index in [2.05, 4.69) is 0 Å². The summed E-state index contributed by atoms with van der Waals surface area (Å²) in [4.78, 5) is 11.5. The predicted octanol–water partition coefficient (Wildman–Crippen LogP) is 2.62. The second-order valence-electron chi connectivity index (χ2n) is 5.67. The van der Waals surface area contributed by atoms with Gasteiger partial charge >= 0.3 is 5.97 Å². The number of sulfone groups is 1. The van der Waals surface area contributed by atoms with Crippen LogP contribution in [0.3, 0.4) is 0 Å². The molecule has 1 aliphatic rings. The summed E-state index contributed by atoms with van der Waals surface area (Å²) in [6.07, 6.45) is 5.43. The summed E-state index contributed by atoms with van der Waals surface area (Å²) >= 11 is 0. The van der Waals surface area contributed by atoms with Crippen LogP contribution in [0.4, 0.5) is 0 Å².